The Bertz CT molecular complexity index is 595. The number of aromatic nitrogens is 2. The van der Waals surface area contributed by atoms with Crippen molar-refractivity contribution < 1.29 is 4.74 Å². The van der Waals surface area contributed by atoms with Crippen molar-refractivity contribution in [3.05, 3.63) is 40.8 Å². The molecule has 1 aromatic carbocycles. The molecule has 1 heterocycles. The van der Waals surface area contributed by atoms with Crippen LogP contribution >= 0.6 is 0 Å². The first-order valence-corrected chi connectivity index (χ1v) is 6.97. The van der Waals surface area contributed by atoms with Crippen molar-refractivity contribution >= 4 is 10.8 Å². The molecule has 5 heteroatoms. The third kappa shape index (κ3) is 3.88. The number of hydrogen-bond acceptors (Lipinski definition) is 4. The summed E-state index contributed by atoms with van der Waals surface area (Å²) in [5.74, 6) is 0. The maximum absolute atomic E-state index is 12.2. The number of aryl methyl sites for hydroxylation is 1. The number of rotatable bonds is 8. The molecular weight excluding hydrogens is 254 g/mol. The molecule has 2 rings (SSSR count). The van der Waals surface area contributed by atoms with Gasteiger partial charge in [0.25, 0.3) is 5.56 Å². The third-order valence-corrected chi connectivity index (χ3v) is 3.22. The molecule has 0 spiro atoms. The molecule has 1 aromatic heterocycles. The second-order valence-electron chi connectivity index (χ2n) is 4.71. The average molecular weight is 275 g/mol. The van der Waals surface area contributed by atoms with Gasteiger partial charge in [-0.3, -0.25) is 4.79 Å². The Balaban J connectivity index is 1.84. The van der Waals surface area contributed by atoms with E-state index in [0.29, 0.717) is 6.54 Å². The van der Waals surface area contributed by atoms with Gasteiger partial charge in [-0.1, -0.05) is 18.2 Å². The second-order valence-corrected chi connectivity index (χ2v) is 4.71. The third-order valence-electron chi connectivity index (χ3n) is 3.22. The van der Waals surface area contributed by atoms with Crippen molar-refractivity contribution in [1.82, 2.24) is 15.1 Å². The fraction of sp³-hybridized carbons (Fsp3) is 0.467. The summed E-state index contributed by atoms with van der Waals surface area (Å²) in [6.07, 6.45) is 3.71. The number of hydrogen-bond donors (Lipinski definition) is 1. The molecule has 5 nitrogen and oxygen atoms in total. The quantitative estimate of drug-likeness (QED) is 0.740. The zero-order chi connectivity index (χ0) is 14.2. The van der Waals surface area contributed by atoms with Crippen molar-refractivity contribution in [2.24, 2.45) is 0 Å². The fourth-order valence-electron chi connectivity index (χ4n) is 2.10. The lowest BCUT2D eigenvalue weighted by atomic mass is 10.2. The van der Waals surface area contributed by atoms with Gasteiger partial charge in [0.15, 0.2) is 0 Å². The van der Waals surface area contributed by atoms with Gasteiger partial charge in [0.05, 0.1) is 18.2 Å². The Morgan fingerprint density at radius 2 is 2.10 bits per heavy atom. The number of nitrogens with zero attached hydrogens (tertiary/aromatic N) is 2. The highest BCUT2D eigenvalue weighted by atomic mass is 16.5. The number of unbranched alkanes of at least 4 members (excludes halogenated alkanes) is 1. The van der Waals surface area contributed by atoms with E-state index in [0.717, 1.165) is 43.3 Å². The zero-order valence-electron chi connectivity index (χ0n) is 11.8. The molecule has 0 fully saturated rings. The van der Waals surface area contributed by atoms with Crippen molar-refractivity contribution in [3.63, 3.8) is 0 Å². The second kappa shape index (κ2) is 7.77. The lowest BCUT2D eigenvalue weighted by Crippen LogP contribution is -2.24. The first-order valence-electron chi connectivity index (χ1n) is 6.97. The summed E-state index contributed by atoms with van der Waals surface area (Å²) >= 11 is 0. The molecule has 0 saturated carbocycles. The molecule has 0 atom stereocenters. The van der Waals surface area contributed by atoms with Crippen LogP contribution in [0.4, 0.5) is 0 Å². The molecule has 20 heavy (non-hydrogen) atoms. The van der Waals surface area contributed by atoms with Crippen LogP contribution in [-0.2, 0) is 11.3 Å². The smallest absolute Gasteiger partial charge is 0.274 e. The molecule has 0 aliphatic heterocycles. The van der Waals surface area contributed by atoms with Crippen LogP contribution in [0.25, 0.3) is 10.8 Å². The first kappa shape index (κ1) is 14.7. The van der Waals surface area contributed by atoms with Crippen molar-refractivity contribution in [3.8, 4) is 0 Å². The normalized spacial score (nSPS) is 11.1. The summed E-state index contributed by atoms with van der Waals surface area (Å²) < 4.78 is 6.51. The Morgan fingerprint density at radius 1 is 1.25 bits per heavy atom. The summed E-state index contributed by atoms with van der Waals surface area (Å²) in [6, 6.07) is 7.56. The SMILES string of the molecule is COCCNCCCCn1ncc2ccccc2c1=O. The highest BCUT2D eigenvalue weighted by molar-refractivity contribution is 5.80. The minimum Gasteiger partial charge on any atom is -0.383 e. The number of fused-ring (bicyclic) bond motifs is 1. The van der Waals surface area contributed by atoms with E-state index in [9.17, 15) is 4.79 Å². The number of benzene rings is 1. The van der Waals surface area contributed by atoms with E-state index < -0.39 is 0 Å². The van der Waals surface area contributed by atoms with Crippen molar-refractivity contribution in [2.75, 3.05) is 26.8 Å². The maximum atomic E-state index is 12.2. The van der Waals surface area contributed by atoms with Crippen LogP contribution in [0.3, 0.4) is 0 Å². The van der Waals surface area contributed by atoms with Gasteiger partial charge >= 0.3 is 0 Å². The van der Waals surface area contributed by atoms with Crippen molar-refractivity contribution in [2.45, 2.75) is 19.4 Å². The number of methoxy groups -OCH3 is 1. The van der Waals surface area contributed by atoms with Crippen LogP contribution < -0.4 is 10.9 Å². The predicted octanol–water partition coefficient (Wildman–Crippen LogP) is 1.41. The largest absolute Gasteiger partial charge is 0.383 e. The molecule has 0 unspecified atom stereocenters. The summed E-state index contributed by atoms with van der Waals surface area (Å²) in [7, 11) is 1.69. The van der Waals surface area contributed by atoms with Gasteiger partial charge in [-0.05, 0) is 25.5 Å². The molecule has 0 amide bonds. The molecule has 0 aliphatic rings. The van der Waals surface area contributed by atoms with Gasteiger partial charge in [0.1, 0.15) is 0 Å². The highest BCUT2D eigenvalue weighted by Gasteiger charge is 2.02. The minimum absolute atomic E-state index is 0.00422. The molecule has 0 saturated heterocycles. The molecule has 1 N–H and O–H groups in total. The van der Waals surface area contributed by atoms with Crippen LogP contribution in [0, 0.1) is 0 Å². The fourth-order valence-corrected chi connectivity index (χ4v) is 2.10. The van der Waals surface area contributed by atoms with Crippen LogP contribution in [0.1, 0.15) is 12.8 Å². The molecule has 108 valence electrons. The molecule has 0 aliphatic carbocycles. The maximum Gasteiger partial charge on any atom is 0.274 e. The van der Waals surface area contributed by atoms with Gasteiger partial charge in [-0.25, -0.2) is 4.68 Å². The van der Waals surface area contributed by atoms with Gasteiger partial charge in [0, 0.05) is 25.6 Å². The highest BCUT2D eigenvalue weighted by Crippen LogP contribution is 2.06. The topological polar surface area (TPSA) is 56.1 Å². The summed E-state index contributed by atoms with van der Waals surface area (Å²) in [5.41, 5.74) is -0.00422. The Hall–Kier alpha value is -1.72. The Labute approximate surface area is 118 Å². The monoisotopic (exact) mass is 275 g/mol. The van der Waals surface area contributed by atoms with Crippen LogP contribution in [-0.4, -0.2) is 36.6 Å². The van der Waals surface area contributed by atoms with E-state index in [-0.39, 0.29) is 5.56 Å². The van der Waals surface area contributed by atoms with Gasteiger partial charge < -0.3 is 10.1 Å². The first-order chi connectivity index (χ1) is 9.83. The van der Waals surface area contributed by atoms with Gasteiger partial charge in [0.2, 0.25) is 0 Å². The molecule has 0 bridgehead atoms. The van der Waals surface area contributed by atoms with E-state index >= 15 is 0 Å². The lowest BCUT2D eigenvalue weighted by molar-refractivity contribution is 0.199. The summed E-state index contributed by atoms with van der Waals surface area (Å²) in [4.78, 5) is 12.2. The summed E-state index contributed by atoms with van der Waals surface area (Å²) in [5, 5.41) is 9.14. The van der Waals surface area contributed by atoms with E-state index in [1.807, 2.05) is 24.3 Å². The van der Waals surface area contributed by atoms with Crippen molar-refractivity contribution in [1.29, 1.82) is 0 Å². The van der Waals surface area contributed by atoms with E-state index in [2.05, 4.69) is 10.4 Å². The zero-order valence-corrected chi connectivity index (χ0v) is 11.8. The minimum atomic E-state index is -0.00422. The number of ether oxygens (including phenoxy) is 1. The number of nitrogens with one attached hydrogen (secondary N) is 1. The standard InChI is InChI=1S/C15H21N3O2/c1-20-11-9-16-8-4-5-10-18-15(19)14-7-3-2-6-13(14)12-17-18/h2-3,6-7,12,16H,4-5,8-11H2,1H3. The predicted molar refractivity (Wildman–Crippen MR) is 80.0 cm³/mol. The molecule has 0 radical (unpaired) electrons. The average Bonchev–Trinajstić information content (AvgIpc) is 2.49. The van der Waals surface area contributed by atoms with Crippen LogP contribution in [0.5, 0.6) is 0 Å². The molecule has 2 aromatic rings. The Kier molecular flexibility index (Phi) is 5.70. The lowest BCUT2D eigenvalue weighted by Gasteiger charge is -2.06. The summed E-state index contributed by atoms with van der Waals surface area (Å²) in [6.45, 7) is 3.19. The van der Waals surface area contributed by atoms with Crippen LogP contribution in [0.2, 0.25) is 0 Å². The van der Waals surface area contributed by atoms with Crippen LogP contribution in [0.15, 0.2) is 35.3 Å². The van der Waals surface area contributed by atoms with Gasteiger partial charge in [-0.2, -0.15) is 5.10 Å². The molecular formula is C15H21N3O2. The van der Waals surface area contributed by atoms with E-state index in [1.54, 1.807) is 18.0 Å². The van der Waals surface area contributed by atoms with E-state index in [1.165, 1.54) is 0 Å². The van der Waals surface area contributed by atoms with Gasteiger partial charge in [-0.15, -0.1) is 0 Å². The Morgan fingerprint density at radius 3 is 2.95 bits per heavy atom. The van der Waals surface area contributed by atoms with E-state index in [4.69, 9.17) is 4.74 Å².